The van der Waals surface area contributed by atoms with Crippen molar-refractivity contribution in [2.24, 2.45) is 0 Å². The molecule has 9 nitrogen and oxygen atoms in total. The number of amides is 1. The van der Waals surface area contributed by atoms with Gasteiger partial charge in [-0.1, -0.05) is 36.9 Å². The van der Waals surface area contributed by atoms with E-state index in [-0.39, 0.29) is 12.0 Å². The highest BCUT2D eigenvalue weighted by Crippen LogP contribution is 2.32. The molecule has 3 heterocycles. The van der Waals surface area contributed by atoms with Crippen LogP contribution in [0.3, 0.4) is 0 Å². The van der Waals surface area contributed by atoms with Crippen molar-refractivity contribution in [2.45, 2.75) is 19.1 Å². The van der Waals surface area contributed by atoms with E-state index in [1.165, 1.54) is 12.4 Å². The lowest BCUT2D eigenvalue weighted by molar-refractivity contribution is -0.134. The van der Waals surface area contributed by atoms with Crippen LogP contribution in [-0.4, -0.2) is 63.0 Å². The number of carbonyl (C=O) groups excluding carboxylic acids is 1. The first-order chi connectivity index (χ1) is 15.6. The van der Waals surface area contributed by atoms with Gasteiger partial charge in [-0.25, -0.2) is 9.97 Å². The summed E-state index contributed by atoms with van der Waals surface area (Å²) in [6.07, 6.45) is 6.84. The zero-order valence-corrected chi connectivity index (χ0v) is 17.8. The molecule has 1 aliphatic rings. The molecule has 0 bridgehead atoms. The quantitative estimate of drug-likeness (QED) is 0.541. The lowest BCUT2D eigenvalue weighted by Crippen LogP contribution is -2.45. The molecule has 2 N–H and O–H groups in total. The molecule has 1 saturated heterocycles. The number of hydrogen-bond acceptors (Lipinski definition) is 7. The van der Waals surface area contributed by atoms with E-state index in [4.69, 9.17) is 15.2 Å². The van der Waals surface area contributed by atoms with Crippen LogP contribution >= 0.6 is 0 Å². The van der Waals surface area contributed by atoms with Crippen LogP contribution in [0.25, 0.3) is 11.1 Å². The molecule has 3 aromatic rings. The molecular weight excluding hydrogens is 408 g/mol. The Morgan fingerprint density at radius 2 is 2.16 bits per heavy atom. The first-order valence-corrected chi connectivity index (χ1v) is 10.5. The van der Waals surface area contributed by atoms with E-state index >= 15 is 0 Å². The number of nitrogen functional groups attached to an aromatic ring is 1. The third kappa shape index (κ3) is 5.12. The molecule has 32 heavy (non-hydrogen) atoms. The largest absolute Gasteiger partial charge is 0.477 e. The number of ether oxygens (including phenoxy) is 2. The van der Waals surface area contributed by atoms with E-state index in [9.17, 15) is 4.79 Å². The summed E-state index contributed by atoms with van der Waals surface area (Å²) in [6.45, 7) is 6.13. The number of aromatic nitrogens is 4. The van der Waals surface area contributed by atoms with E-state index in [0.717, 1.165) is 11.1 Å². The second kappa shape index (κ2) is 10.1. The lowest BCUT2D eigenvalue weighted by Gasteiger charge is -2.32. The van der Waals surface area contributed by atoms with Crippen LogP contribution in [-0.2, 0) is 16.1 Å². The fraction of sp³-hybridized carbons (Fsp3) is 0.304. The van der Waals surface area contributed by atoms with Crippen LogP contribution in [0.5, 0.6) is 5.88 Å². The Hall–Kier alpha value is -3.72. The molecule has 0 saturated carbocycles. The Morgan fingerprint density at radius 3 is 2.97 bits per heavy atom. The normalized spacial score (nSPS) is 16.0. The first-order valence-electron chi connectivity index (χ1n) is 10.5. The Kier molecular flexibility index (Phi) is 6.76. The standard InChI is InChI=1S/C23H26N6O3/c1-2-20(30)28-9-11-31-19(15-28)8-10-32-23-21(22(24)25-16-26-23)18-12-27-29(14-18)13-17-6-4-3-5-7-17/h2-7,12,14,16,19H,1,8-11,13,15H2,(H2,24,25,26)/t19-/m0/s1. The zero-order valence-electron chi connectivity index (χ0n) is 17.8. The van der Waals surface area contributed by atoms with Crippen LogP contribution in [0.4, 0.5) is 5.82 Å². The highest BCUT2D eigenvalue weighted by atomic mass is 16.5. The van der Waals surface area contributed by atoms with Crippen LogP contribution in [0.1, 0.15) is 12.0 Å². The summed E-state index contributed by atoms with van der Waals surface area (Å²) < 4.78 is 13.5. The molecule has 1 amide bonds. The topological polar surface area (TPSA) is 108 Å². The van der Waals surface area contributed by atoms with Gasteiger partial charge in [-0.15, -0.1) is 0 Å². The number of nitrogens with zero attached hydrogens (tertiary/aromatic N) is 5. The fourth-order valence-corrected chi connectivity index (χ4v) is 3.62. The number of benzene rings is 1. The lowest BCUT2D eigenvalue weighted by atomic mass is 10.1. The zero-order chi connectivity index (χ0) is 22.3. The molecule has 9 heteroatoms. The Morgan fingerprint density at radius 1 is 1.31 bits per heavy atom. The van der Waals surface area contributed by atoms with Gasteiger partial charge in [0.25, 0.3) is 0 Å². The van der Waals surface area contributed by atoms with Crippen molar-refractivity contribution in [2.75, 3.05) is 32.0 Å². The Bertz CT molecular complexity index is 1070. The molecule has 1 fully saturated rings. The van der Waals surface area contributed by atoms with Crippen molar-refractivity contribution in [3.63, 3.8) is 0 Å². The summed E-state index contributed by atoms with van der Waals surface area (Å²) in [5.41, 5.74) is 8.69. The molecule has 4 rings (SSSR count). The third-order valence-electron chi connectivity index (χ3n) is 5.25. The number of morpholine rings is 1. The SMILES string of the molecule is C=CC(=O)N1CCO[C@@H](CCOc2ncnc(N)c2-c2cnn(Cc3ccccc3)c2)C1. The summed E-state index contributed by atoms with van der Waals surface area (Å²) in [7, 11) is 0. The molecule has 0 aliphatic carbocycles. The van der Waals surface area contributed by atoms with Crippen molar-refractivity contribution in [1.29, 1.82) is 0 Å². The van der Waals surface area contributed by atoms with E-state index < -0.39 is 0 Å². The van der Waals surface area contributed by atoms with Gasteiger partial charge in [-0.05, 0) is 11.6 Å². The molecule has 1 aromatic carbocycles. The average Bonchev–Trinajstić information content (AvgIpc) is 3.27. The van der Waals surface area contributed by atoms with E-state index in [1.807, 2.05) is 41.2 Å². The summed E-state index contributed by atoms with van der Waals surface area (Å²) in [6, 6.07) is 10.1. The minimum absolute atomic E-state index is 0.0856. The second-order valence-corrected chi connectivity index (χ2v) is 7.47. The smallest absolute Gasteiger partial charge is 0.246 e. The van der Waals surface area contributed by atoms with Crippen molar-refractivity contribution in [1.82, 2.24) is 24.6 Å². The average molecular weight is 435 g/mol. The van der Waals surface area contributed by atoms with Crippen LogP contribution in [0.2, 0.25) is 0 Å². The summed E-state index contributed by atoms with van der Waals surface area (Å²) >= 11 is 0. The highest BCUT2D eigenvalue weighted by Gasteiger charge is 2.23. The molecule has 166 valence electrons. The molecular formula is C23H26N6O3. The van der Waals surface area contributed by atoms with Crippen molar-refractivity contribution in [3.8, 4) is 17.0 Å². The molecule has 1 atom stereocenters. The van der Waals surface area contributed by atoms with Gasteiger partial charge >= 0.3 is 0 Å². The van der Waals surface area contributed by atoms with Gasteiger partial charge in [-0.3, -0.25) is 9.48 Å². The predicted molar refractivity (Wildman–Crippen MR) is 120 cm³/mol. The maximum atomic E-state index is 11.8. The number of anilines is 1. The minimum Gasteiger partial charge on any atom is -0.477 e. The first kappa shape index (κ1) is 21.5. The van der Waals surface area contributed by atoms with Crippen molar-refractivity contribution in [3.05, 3.63) is 67.3 Å². The van der Waals surface area contributed by atoms with Crippen molar-refractivity contribution < 1.29 is 14.3 Å². The Labute approximate surface area is 186 Å². The number of carbonyl (C=O) groups is 1. The monoisotopic (exact) mass is 434 g/mol. The maximum absolute atomic E-state index is 11.8. The number of rotatable bonds is 8. The van der Waals surface area contributed by atoms with Gasteiger partial charge < -0.3 is 20.1 Å². The summed E-state index contributed by atoms with van der Waals surface area (Å²) in [5, 5.41) is 4.44. The van der Waals surface area contributed by atoms with Gasteiger partial charge in [0.2, 0.25) is 11.8 Å². The summed E-state index contributed by atoms with van der Waals surface area (Å²) in [4.78, 5) is 22.0. The van der Waals surface area contributed by atoms with E-state index in [2.05, 4.69) is 21.6 Å². The van der Waals surface area contributed by atoms with Crippen LogP contribution in [0, 0.1) is 0 Å². The maximum Gasteiger partial charge on any atom is 0.246 e. The van der Waals surface area contributed by atoms with E-state index in [0.29, 0.717) is 56.5 Å². The predicted octanol–water partition coefficient (Wildman–Crippen LogP) is 2.15. The van der Waals surface area contributed by atoms with Gasteiger partial charge in [0.15, 0.2) is 0 Å². The van der Waals surface area contributed by atoms with Crippen LogP contribution in [0.15, 0.2) is 61.7 Å². The van der Waals surface area contributed by atoms with Gasteiger partial charge in [-0.2, -0.15) is 5.10 Å². The van der Waals surface area contributed by atoms with Gasteiger partial charge in [0.1, 0.15) is 12.1 Å². The van der Waals surface area contributed by atoms with Crippen LogP contribution < -0.4 is 10.5 Å². The molecule has 0 radical (unpaired) electrons. The minimum atomic E-state index is -0.107. The van der Waals surface area contributed by atoms with Gasteiger partial charge in [0, 0.05) is 31.3 Å². The molecule has 0 spiro atoms. The molecule has 0 unspecified atom stereocenters. The Balaban J connectivity index is 1.41. The second-order valence-electron chi connectivity index (χ2n) is 7.47. The number of hydrogen-bond donors (Lipinski definition) is 1. The third-order valence-corrected chi connectivity index (χ3v) is 5.25. The fourth-order valence-electron chi connectivity index (χ4n) is 3.62. The number of nitrogens with two attached hydrogens (primary N) is 1. The highest BCUT2D eigenvalue weighted by molar-refractivity contribution is 5.87. The van der Waals surface area contributed by atoms with Gasteiger partial charge in [0.05, 0.1) is 37.6 Å². The molecule has 1 aliphatic heterocycles. The molecule has 2 aromatic heterocycles. The van der Waals surface area contributed by atoms with E-state index in [1.54, 1.807) is 11.1 Å². The van der Waals surface area contributed by atoms with Crippen molar-refractivity contribution >= 4 is 11.7 Å². The summed E-state index contributed by atoms with van der Waals surface area (Å²) in [5.74, 6) is 0.634.